The third kappa shape index (κ3) is 6.57. The Kier molecular flexibility index (Phi) is 7.70. The van der Waals surface area contributed by atoms with Crippen molar-refractivity contribution in [3.63, 3.8) is 0 Å². The zero-order valence-corrected chi connectivity index (χ0v) is 17.9. The Bertz CT molecular complexity index is 923. The van der Waals surface area contributed by atoms with Gasteiger partial charge in [0.2, 0.25) is 11.8 Å². The van der Waals surface area contributed by atoms with Crippen LogP contribution in [0.4, 0.5) is 20.2 Å². The molecule has 0 saturated carbocycles. The minimum atomic E-state index is -0.990. The first kappa shape index (κ1) is 22.8. The molecule has 1 heterocycles. The SMILES string of the molecule is Cc1cccc(C)c1NC(=O)CN1CCN(CCC(=O)Nc2ccc(F)c(F)c2)CC1. The molecule has 2 aromatic carbocycles. The van der Waals surface area contributed by atoms with E-state index in [1.165, 1.54) is 6.07 Å². The molecule has 8 heteroatoms. The first-order chi connectivity index (χ1) is 14.8. The Morgan fingerprint density at radius 1 is 0.871 bits per heavy atom. The average molecular weight is 430 g/mol. The Morgan fingerprint density at radius 3 is 2.16 bits per heavy atom. The van der Waals surface area contributed by atoms with Gasteiger partial charge in [0, 0.05) is 56.6 Å². The van der Waals surface area contributed by atoms with Crippen molar-refractivity contribution in [3.8, 4) is 0 Å². The molecule has 1 saturated heterocycles. The number of carbonyl (C=O) groups excluding carboxylic acids is 2. The van der Waals surface area contributed by atoms with Crippen molar-refractivity contribution in [2.24, 2.45) is 0 Å². The van der Waals surface area contributed by atoms with E-state index >= 15 is 0 Å². The molecule has 2 N–H and O–H groups in total. The van der Waals surface area contributed by atoms with Crippen LogP contribution in [0.25, 0.3) is 0 Å². The Morgan fingerprint density at radius 2 is 1.52 bits per heavy atom. The van der Waals surface area contributed by atoms with E-state index in [9.17, 15) is 18.4 Å². The molecular formula is C23H28F2N4O2. The van der Waals surface area contributed by atoms with E-state index in [2.05, 4.69) is 20.4 Å². The van der Waals surface area contributed by atoms with E-state index in [-0.39, 0.29) is 23.9 Å². The van der Waals surface area contributed by atoms with Crippen molar-refractivity contribution in [1.29, 1.82) is 0 Å². The maximum atomic E-state index is 13.2. The van der Waals surface area contributed by atoms with Gasteiger partial charge in [-0.15, -0.1) is 0 Å². The lowest BCUT2D eigenvalue weighted by Crippen LogP contribution is -2.49. The molecule has 2 aromatic rings. The second-order valence-electron chi connectivity index (χ2n) is 7.86. The predicted octanol–water partition coefficient (Wildman–Crippen LogP) is 3.17. The molecule has 0 atom stereocenters. The van der Waals surface area contributed by atoms with Crippen molar-refractivity contribution < 1.29 is 18.4 Å². The lowest BCUT2D eigenvalue weighted by atomic mass is 10.1. The van der Waals surface area contributed by atoms with Crippen molar-refractivity contribution >= 4 is 23.2 Å². The highest BCUT2D eigenvalue weighted by molar-refractivity contribution is 5.93. The highest BCUT2D eigenvalue weighted by atomic mass is 19.2. The Labute approximate surface area is 181 Å². The van der Waals surface area contributed by atoms with Crippen LogP contribution in [0.5, 0.6) is 0 Å². The number of nitrogens with one attached hydrogen (secondary N) is 2. The monoisotopic (exact) mass is 430 g/mol. The summed E-state index contributed by atoms with van der Waals surface area (Å²) in [7, 11) is 0. The fourth-order valence-corrected chi connectivity index (χ4v) is 3.62. The van der Waals surface area contributed by atoms with Gasteiger partial charge in [0.25, 0.3) is 0 Å². The number of hydrogen-bond acceptors (Lipinski definition) is 4. The number of amides is 2. The molecule has 2 amide bonds. The van der Waals surface area contributed by atoms with Crippen molar-refractivity contribution in [2.45, 2.75) is 20.3 Å². The molecule has 1 aliphatic heterocycles. The first-order valence-electron chi connectivity index (χ1n) is 10.4. The van der Waals surface area contributed by atoms with Gasteiger partial charge < -0.3 is 15.5 Å². The summed E-state index contributed by atoms with van der Waals surface area (Å²) in [4.78, 5) is 28.8. The predicted molar refractivity (Wildman–Crippen MR) is 117 cm³/mol. The smallest absolute Gasteiger partial charge is 0.238 e. The Hall–Kier alpha value is -2.84. The number of piperazine rings is 1. The van der Waals surface area contributed by atoms with Gasteiger partial charge in [0.15, 0.2) is 11.6 Å². The van der Waals surface area contributed by atoms with E-state index in [1.807, 2.05) is 32.0 Å². The maximum absolute atomic E-state index is 13.2. The zero-order valence-electron chi connectivity index (χ0n) is 17.9. The largest absolute Gasteiger partial charge is 0.326 e. The number of halogens is 2. The number of rotatable bonds is 7. The molecule has 31 heavy (non-hydrogen) atoms. The fourth-order valence-electron chi connectivity index (χ4n) is 3.62. The Balaban J connectivity index is 1.38. The molecule has 3 rings (SSSR count). The number of nitrogens with zero attached hydrogens (tertiary/aromatic N) is 2. The van der Waals surface area contributed by atoms with Gasteiger partial charge in [-0.25, -0.2) is 8.78 Å². The second kappa shape index (κ2) is 10.5. The summed E-state index contributed by atoms with van der Waals surface area (Å²) in [5, 5.41) is 5.59. The summed E-state index contributed by atoms with van der Waals surface area (Å²) in [6, 6.07) is 9.21. The van der Waals surface area contributed by atoms with E-state index < -0.39 is 11.6 Å². The van der Waals surface area contributed by atoms with E-state index in [0.29, 0.717) is 13.1 Å². The molecule has 6 nitrogen and oxygen atoms in total. The highest BCUT2D eigenvalue weighted by Crippen LogP contribution is 2.19. The van der Waals surface area contributed by atoms with Gasteiger partial charge in [-0.3, -0.25) is 14.5 Å². The van der Waals surface area contributed by atoms with Crippen LogP contribution in [0, 0.1) is 25.5 Å². The van der Waals surface area contributed by atoms with Crippen LogP contribution < -0.4 is 10.6 Å². The lowest BCUT2D eigenvalue weighted by molar-refractivity contribution is -0.117. The number of hydrogen-bond donors (Lipinski definition) is 2. The highest BCUT2D eigenvalue weighted by Gasteiger charge is 2.20. The lowest BCUT2D eigenvalue weighted by Gasteiger charge is -2.34. The molecule has 1 fully saturated rings. The van der Waals surface area contributed by atoms with Gasteiger partial charge in [0.1, 0.15) is 0 Å². The van der Waals surface area contributed by atoms with Crippen LogP contribution in [-0.4, -0.2) is 60.9 Å². The molecule has 166 valence electrons. The summed E-state index contributed by atoms with van der Waals surface area (Å²) < 4.78 is 26.2. The molecule has 0 aliphatic carbocycles. The van der Waals surface area contributed by atoms with Crippen molar-refractivity contribution in [3.05, 3.63) is 59.2 Å². The van der Waals surface area contributed by atoms with E-state index in [0.717, 1.165) is 55.1 Å². The first-order valence-corrected chi connectivity index (χ1v) is 10.4. The van der Waals surface area contributed by atoms with Crippen LogP contribution in [0.3, 0.4) is 0 Å². The van der Waals surface area contributed by atoms with E-state index in [4.69, 9.17) is 0 Å². The van der Waals surface area contributed by atoms with Gasteiger partial charge in [-0.05, 0) is 37.1 Å². The molecule has 0 spiro atoms. The minimum Gasteiger partial charge on any atom is -0.326 e. The zero-order chi connectivity index (χ0) is 22.4. The van der Waals surface area contributed by atoms with Crippen LogP contribution >= 0.6 is 0 Å². The minimum absolute atomic E-state index is 0.0308. The number of anilines is 2. The molecular weight excluding hydrogens is 402 g/mol. The van der Waals surface area contributed by atoms with Crippen LogP contribution in [0.1, 0.15) is 17.5 Å². The van der Waals surface area contributed by atoms with Crippen molar-refractivity contribution in [2.75, 3.05) is 49.9 Å². The van der Waals surface area contributed by atoms with Gasteiger partial charge >= 0.3 is 0 Å². The third-order valence-corrected chi connectivity index (χ3v) is 5.44. The normalized spacial score (nSPS) is 15.0. The summed E-state index contributed by atoms with van der Waals surface area (Å²) in [6.45, 7) is 7.85. The molecule has 0 radical (unpaired) electrons. The summed E-state index contributed by atoms with van der Waals surface area (Å²) in [5.74, 6) is -2.22. The van der Waals surface area contributed by atoms with Gasteiger partial charge in [-0.1, -0.05) is 18.2 Å². The fraction of sp³-hybridized carbons (Fsp3) is 0.391. The topological polar surface area (TPSA) is 64.7 Å². The summed E-state index contributed by atoms with van der Waals surface area (Å²) in [5.41, 5.74) is 3.20. The number of para-hydroxylation sites is 1. The standard InChI is InChI=1S/C23H28F2N4O2/c1-16-4-3-5-17(2)23(16)27-22(31)15-29-12-10-28(11-13-29)9-8-21(30)26-18-6-7-19(24)20(25)14-18/h3-7,14H,8-13,15H2,1-2H3,(H,26,30)(H,27,31). The number of benzene rings is 2. The second-order valence-corrected chi connectivity index (χ2v) is 7.86. The molecule has 0 aromatic heterocycles. The van der Waals surface area contributed by atoms with Crippen molar-refractivity contribution in [1.82, 2.24) is 9.80 Å². The molecule has 1 aliphatic rings. The summed E-state index contributed by atoms with van der Waals surface area (Å²) >= 11 is 0. The van der Waals surface area contributed by atoms with Gasteiger partial charge in [0.05, 0.1) is 6.54 Å². The van der Waals surface area contributed by atoms with Crippen LogP contribution in [0.15, 0.2) is 36.4 Å². The maximum Gasteiger partial charge on any atom is 0.238 e. The van der Waals surface area contributed by atoms with Gasteiger partial charge in [-0.2, -0.15) is 0 Å². The third-order valence-electron chi connectivity index (χ3n) is 5.44. The molecule has 0 unspecified atom stereocenters. The van der Waals surface area contributed by atoms with Crippen LogP contribution in [0.2, 0.25) is 0 Å². The average Bonchev–Trinajstić information content (AvgIpc) is 2.73. The molecule has 0 bridgehead atoms. The van der Waals surface area contributed by atoms with E-state index in [1.54, 1.807) is 0 Å². The van der Waals surface area contributed by atoms with Crippen LogP contribution in [-0.2, 0) is 9.59 Å². The quantitative estimate of drug-likeness (QED) is 0.708. The summed E-state index contributed by atoms with van der Waals surface area (Å²) in [6.07, 6.45) is 0.256. The number of aryl methyl sites for hydroxylation is 2. The number of carbonyl (C=O) groups is 2.